The lowest BCUT2D eigenvalue weighted by atomic mass is 9.94. The number of rotatable bonds is 4. The summed E-state index contributed by atoms with van der Waals surface area (Å²) in [6, 6.07) is 0.553. The van der Waals surface area contributed by atoms with Crippen molar-refractivity contribution in [2.45, 2.75) is 64.6 Å². The smallest absolute Gasteiger partial charge is 0.140 e. The molecule has 108 valence electrons. The van der Waals surface area contributed by atoms with Crippen molar-refractivity contribution in [3.8, 4) is 0 Å². The van der Waals surface area contributed by atoms with Crippen LogP contribution in [0, 0.1) is 0 Å². The fourth-order valence-electron chi connectivity index (χ4n) is 3.02. The standard InChI is InChI=1S/C15H27N3O/c1-4-9-18-12-8-16-14(18)15(19)6-5-10-17(11-7-15)13(2)3/h8,12-13,19H,4-7,9-11H2,1-3H3. The molecule has 0 bridgehead atoms. The Labute approximate surface area is 116 Å². The Morgan fingerprint density at radius 2 is 2.16 bits per heavy atom. The summed E-state index contributed by atoms with van der Waals surface area (Å²) in [6.07, 6.45) is 7.50. The molecular formula is C15H27N3O. The van der Waals surface area contributed by atoms with E-state index in [1.54, 1.807) is 0 Å². The van der Waals surface area contributed by atoms with Gasteiger partial charge in [-0.1, -0.05) is 6.92 Å². The second kappa shape index (κ2) is 6.06. The monoisotopic (exact) mass is 265 g/mol. The van der Waals surface area contributed by atoms with Gasteiger partial charge in [-0.05, 0) is 46.1 Å². The third-order valence-corrected chi connectivity index (χ3v) is 4.17. The van der Waals surface area contributed by atoms with Crippen molar-refractivity contribution >= 4 is 0 Å². The van der Waals surface area contributed by atoms with Crippen LogP contribution in [-0.4, -0.2) is 38.7 Å². The first kappa shape index (κ1) is 14.5. The van der Waals surface area contributed by atoms with Crippen LogP contribution < -0.4 is 0 Å². The Bertz CT molecular complexity index is 402. The number of imidazole rings is 1. The van der Waals surface area contributed by atoms with Crippen LogP contribution in [0.15, 0.2) is 12.4 Å². The molecule has 1 aromatic heterocycles. The molecule has 1 saturated heterocycles. The highest BCUT2D eigenvalue weighted by Crippen LogP contribution is 2.32. The SMILES string of the molecule is CCCn1ccnc1C1(O)CCCN(C(C)C)CC1. The molecular weight excluding hydrogens is 238 g/mol. The maximum Gasteiger partial charge on any atom is 0.140 e. The number of aromatic nitrogens is 2. The van der Waals surface area contributed by atoms with Crippen LogP contribution in [0.4, 0.5) is 0 Å². The normalized spacial score (nSPS) is 25.7. The van der Waals surface area contributed by atoms with E-state index in [1.807, 2.05) is 12.4 Å². The summed E-state index contributed by atoms with van der Waals surface area (Å²) in [7, 11) is 0. The van der Waals surface area contributed by atoms with Gasteiger partial charge < -0.3 is 14.6 Å². The van der Waals surface area contributed by atoms with E-state index in [1.165, 1.54) is 0 Å². The minimum atomic E-state index is -0.748. The Morgan fingerprint density at radius 3 is 2.84 bits per heavy atom. The Kier molecular flexibility index (Phi) is 4.63. The molecule has 2 rings (SSSR count). The van der Waals surface area contributed by atoms with Crippen molar-refractivity contribution in [2.75, 3.05) is 13.1 Å². The quantitative estimate of drug-likeness (QED) is 0.908. The zero-order chi connectivity index (χ0) is 13.9. The molecule has 1 fully saturated rings. The van der Waals surface area contributed by atoms with E-state index in [4.69, 9.17) is 0 Å². The van der Waals surface area contributed by atoms with E-state index in [-0.39, 0.29) is 0 Å². The number of likely N-dealkylation sites (tertiary alicyclic amines) is 1. The van der Waals surface area contributed by atoms with Crippen LogP contribution >= 0.6 is 0 Å². The molecule has 0 aromatic carbocycles. The van der Waals surface area contributed by atoms with Crippen molar-refractivity contribution in [1.82, 2.24) is 14.5 Å². The minimum absolute atomic E-state index is 0.553. The van der Waals surface area contributed by atoms with Gasteiger partial charge in [-0.25, -0.2) is 4.98 Å². The van der Waals surface area contributed by atoms with E-state index in [2.05, 4.69) is 35.2 Å². The minimum Gasteiger partial charge on any atom is -0.382 e. The second-order valence-corrected chi connectivity index (χ2v) is 5.96. The summed E-state index contributed by atoms with van der Waals surface area (Å²) in [5.74, 6) is 0.861. The fourth-order valence-corrected chi connectivity index (χ4v) is 3.02. The van der Waals surface area contributed by atoms with Gasteiger partial charge in [0.15, 0.2) is 0 Å². The maximum absolute atomic E-state index is 11.0. The zero-order valence-corrected chi connectivity index (χ0v) is 12.5. The van der Waals surface area contributed by atoms with E-state index in [0.29, 0.717) is 6.04 Å². The number of hydrogen-bond donors (Lipinski definition) is 1. The Balaban J connectivity index is 2.15. The highest BCUT2D eigenvalue weighted by Gasteiger charge is 2.35. The predicted molar refractivity (Wildman–Crippen MR) is 77.0 cm³/mol. The summed E-state index contributed by atoms with van der Waals surface area (Å²) in [6.45, 7) is 9.57. The summed E-state index contributed by atoms with van der Waals surface area (Å²) >= 11 is 0. The van der Waals surface area contributed by atoms with Crippen molar-refractivity contribution in [1.29, 1.82) is 0 Å². The second-order valence-electron chi connectivity index (χ2n) is 5.96. The summed E-state index contributed by atoms with van der Waals surface area (Å²) in [5, 5.41) is 11.0. The highest BCUT2D eigenvalue weighted by atomic mass is 16.3. The highest BCUT2D eigenvalue weighted by molar-refractivity contribution is 5.06. The molecule has 1 unspecified atom stereocenters. The average molecular weight is 265 g/mol. The molecule has 4 nitrogen and oxygen atoms in total. The van der Waals surface area contributed by atoms with E-state index >= 15 is 0 Å². The van der Waals surface area contributed by atoms with E-state index in [9.17, 15) is 5.11 Å². The number of nitrogens with zero attached hydrogens (tertiary/aromatic N) is 3. The number of aliphatic hydroxyl groups is 1. The molecule has 1 aromatic rings. The molecule has 1 atom stereocenters. The summed E-state index contributed by atoms with van der Waals surface area (Å²) < 4.78 is 2.12. The van der Waals surface area contributed by atoms with Crippen molar-refractivity contribution in [2.24, 2.45) is 0 Å². The first-order chi connectivity index (χ1) is 9.07. The molecule has 0 radical (unpaired) electrons. The molecule has 1 aliphatic rings. The van der Waals surface area contributed by atoms with Crippen LogP contribution in [0.25, 0.3) is 0 Å². The van der Waals surface area contributed by atoms with E-state index < -0.39 is 5.60 Å². The first-order valence-corrected chi connectivity index (χ1v) is 7.55. The lowest BCUT2D eigenvalue weighted by Gasteiger charge is -2.28. The van der Waals surface area contributed by atoms with Gasteiger partial charge in [-0.3, -0.25) is 0 Å². The van der Waals surface area contributed by atoms with Gasteiger partial charge >= 0.3 is 0 Å². The van der Waals surface area contributed by atoms with Crippen LogP contribution in [-0.2, 0) is 12.1 Å². The van der Waals surface area contributed by atoms with Gasteiger partial charge in [0, 0.05) is 31.5 Å². The molecule has 4 heteroatoms. The fraction of sp³-hybridized carbons (Fsp3) is 0.800. The average Bonchev–Trinajstić information content (AvgIpc) is 2.73. The third kappa shape index (κ3) is 3.18. The maximum atomic E-state index is 11.0. The molecule has 1 N–H and O–H groups in total. The number of hydrogen-bond acceptors (Lipinski definition) is 3. The van der Waals surface area contributed by atoms with Gasteiger partial charge in [0.2, 0.25) is 0 Å². The van der Waals surface area contributed by atoms with Gasteiger partial charge in [-0.2, -0.15) is 0 Å². The molecule has 2 heterocycles. The molecule has 19 heavy (non-hydrogen) atoms. The lowest BCUT2D eigenvalue weighted by Crippen LogP contribution is -2.34. The zero-order valence-electron chi connectivity index (χ0n) is 12.5. The molecule has 0 spiro atoms. The van der Waals surface area contributed by atoms with Crippen LogP contribution in [0.3, 0.4) is 0 Å². The van der Waals surface area contributed by atoms with Gasteiger partial charge in [0.05, 0.1) is 0 Å². The molecule has 0 saturated carbocycles. The van der Waals surface area contributed by atoms with Gasteiger partial charge in [0.1, 0.15) is 11.4 Å². The van der Waals surface area contributed by atoms with Gasteiger partial charge in [-0.15, -0.1) is 0 Å². The predicted octanol–water partition coefficient (Wildman–Crippen LogP) is 2.38. The lowest BCUT2D eigenvalue weighted by molar-refractivity contribution is 0.00828. The van der Waals surface area contributed by atoms with Gasteiger partial charge in [0.25, 0.3) is 0 Å². The van der Waals surface area contributed by atoms with E-state index in [0.717, 1.165) is 51.1 Å². The Hall–Kier alpha value is -0.870. The summed E-state index contributed by atoms with van der Waals surface area (Å²) in [4.78, 5) is 6.89. The van der Waals surface area contributed by atoms with Crippen LogP contribution in [0.5, 0.6) is 0 Å². The van der Waals surface area contributed by atoms with Crippen LogP contribution in [0.1, 0.15) is 52.3 Å². The Morgan fingerprint density at radius 1 is 1.37 bits per heavy atom. The first-order valence-electron chi connectivity index (χ1n) is 7.55. The largest absolute Gasteiger partial charge is 0.382 e. The van der Waals surface area contributed by atoms with Crippen molar-refractivity contribution < 1.29 is 5.11 Å². The van der Waals surface area contributed by atoms with Crippen molar-refractivity contribution in [3.63, 3.8) is 0 Å². The molecule has 0 aliphatic carbocycles. The number of aryl methyl sites for hydroxylation is 1. The van der Waals surface area contributed by atoms with Crippen LogP contribution in [0.2, 0.25) is 0 Å². The van der Waals surface area contributed by atoms with Crippen molar-refractivity contribution in [3.05, 3.63) is 18.2 Å². The molecule has 1 aliphatic heterocycles. The third-order valence-electron chi connectivity index (χ3n) is 4.17. The summed E-state index contributed by atoms with van der Waals surface area (Å²) in [5.41, 5.74) is -0.748. The molecule has 0 amide bonds. The topological polar surface area (TPSA) is 41.3 Å².